The number of piperidine rings is 1. The maximum absolute atomic E-state index is 5.96. The number of likely N-dealkylation sites (tertiary alicyclic amines) is 1. The molecule has 0 aromatic rings. The smallest absolute Gasteiger partial charge is 0.0168 e. The molecule has 1 rings (SSSR count). The van der Waals surface area contributed by atoms with Gasteiger partial charge in [-0.05, 0) is 31.7 Å². The van der Waals surface area contributed by atoms with Crippen LogP contribution in [0.3, 0.4) is 0 Å². The molecule has 0 aliphatic carbocycles. The number of nitrogens with zero attached hydrogens (tertiary/aromatic N) is 1. The topological polar surface area (TPSA) is 29.3 Å². The second-order valence-electron chi connectivity index (χ2n) is 5.44. The monoisotopic (exact) mass is 184 g/mol. The number of rotatable bonds is 1. The molecular formula is C11H24N2. The van der Waals surface area contributed by atoms with E-state index in [0.717, 1.165) is 6.54 Å². The van der Waals surface area contributed by atoms with Crippen LogP contribution in [0, 0.1) is 5.41 Å². The average molecular weight is 184 g/mol. The molecule has 0 saturated carbocycles. The molecule has 78 valence electrons. The fourth-order valence-electron chi connectivity index (χ4n) is 1.94. The van der Waals surface area contributed by atoms with Crippen molar-refractivity contribution >= 4 is 0 Å². The van der Waals surface area contributed by atoms with Crippen molar-refractivity contribution < 1.29 is 0 Å². The molecule has 2 unspecified atom stereocenters. The Hall–Kier alpha value is -0.0800. The minimum atomic E-state index is 0.372. The van der Waals surface area contributed by atoms with E-state index in [-0.39, 0.29) is 0 Å². The van der Waals surface area contributed by atoms with Crippen LogP contribution in [0.5, 0.6) is 0 Å². The predicted molar refractivity (Wildman–Crippen MR) is 57.7 cm³/mol. The van der Waals surface area contributed by atoms with Gasteiger partial charge in [-0.3, -0.25) is 4.90 Å². The quantitative estimate of drug-likeness (QED) is 0.674. The molecule has 2 heteroatoms. The number of nitrogens with two attached hydrogens (primary N) is 1. The molecule has 2 N–H and O–H groups in total. The van der Waals surface area contributed by atoms with Gasteiger partial charge in [-0.15, -0.1) is 0 Å². The van der Waals surface area contributed by atoms with E-state index in [1.165, 1.54) is 19.4 Å². The zero-order valence-corrected chi connectivity index (χ0v) is 9.51. The minimum absolute atomic E-state index is 0.372. The van der Waals surface area contributed by atoms with Gasteiger partial charge in [0.15, 0.2) is 0 Å². The van der Waals surface area contributed by atoms with Gasteiger partial charge in [0.25, 0.3) is 0 Å². The van der Waals surface area contributed by atoms with E-state index in [1.807, 2.05) is 0 Å². The van der Waals surface area contributed by atoms with Crippen LogP contribution in [0.25, 0.3) is 0 Å². The molecule has 1 fully saturated rings. The second-order valence-corrected chi connectivity index (χ2v) is 5.44. The summed E-state index contributed by atoms with van der Waals surface area (Å²) < 4.78 is 0. The van der Waals surface area contributed by atoms with Gasteiger partial charge < -0.3 is 5.73 Å². The highest BCUT2D eigenvalue weighted by molar-refractivity contribution is 4.84. The van der Waals surface area contributed by atoms with Crippen molar-refractivity contribution in [3.8, 4) is 0 Å². The molecule has 2 atom stereocenters. The van der Waals surface area contributed by atoms with E-state index in [4.69, 9.17) is 5.73 Å². The van der Waals surface area contributed by atoms with Crippen molar-refractivity contribution in [2.45, 2.75) is 52.6 Å². The van der Waals surface area contributed by atoms with Crippen LogP contribution in [0.4, 0.5) is 0 Å². The first-order valence-corrected chi connectivity index (χ1v) is 5.41. The fraction of sp³-hybridized carbons (Fsp3) is 1.00. The molecule has 1 saturated heterocycles. The van der Waals surface area contributed by atoms with Crippen LogP contribution in [0.1, 0.15) is 40.5 Å². The van der Waals surface area contributed by atoms with E-state index in [9.17, 15) is 0 Å². The normalized spacial score (nSPS) is 28.8. The molecule has 0 amide bonds. The Morgan fingerprint density at radius 2 is 2.00 bits per heavy atom. The predicted octanol–water partition coefficient (Wildman–Crippen LogP) is 1.84. The highest BCUT2D eigenvalue weighted by Gasteiger charge is 2.28. The fourth-order valence-corrected chi connectivity index (χ4v) is 1.94. The third-order valence-corrected chi connectivity index (χ3v) is 3.29. The second kappa shape index (κ2) is 3.97. The Morgan fingerprint density at radius 3 is 2.46 bits per heavy atom. The molecule has 2 nitrogen and oxygen atoms in total. The van der Waals surface area contributed by atoms with Crippen LogP contribution >= 0.6 is 0 Å². The number of hydrogen-bond donors (Lipinski definition) is 1. The van der Waals surface area contributed by atoms with Crippen LogP contribution in [0.2, 0.25) is 0 Å². The van der Waals surface area contributed by atoms with E-state index in [1.54, 1.807) is 0 Å². The average Bonchev–Trinajstić information content (AvgIpc) is 2.01. The third kappa shape index (κ3) is 2.96. The van der Waals surface area contributed by atoms with Crippen LogP contribution in [-0.4, -0.2) is 30.1 Å². The van der Waals surface area contributed by atoms with E-state index in [0.29, 0.717) is 17.5 Å². The Bertz CT molecular complexity index is 160. The van der Waals surface area contributed by atoms with Gasteiger partial charge in [-0.1, -0.05) is 20.8 Å². The molecule has 1 aliphatic heterocycles. The highest BCUT2D eigenvalue weighted by Crippen LogP contribution is 2.25. The zero-order chi connectivity index (χ0) is 10.1. The molecule has 1 aliphatic rings. The Balaban J connectivity index is 2.51. The summed E-state index contributed by atoms with van der Waals surface area (Å²) >= 11 is 0. The first-order valence-electron chi connectivity index (χ1n) is 5.41. The van der Waals surface area contributed by atoms with Gasteiger partial charge in [-0.25, -0.2) is 0 Å². The van der Waals surface area contributed by atoms with E-state index in [2.05, 4.69) is 32.6 Å². The lowest BCUT2D eigenvalue weighted by atomic mass is 9.85. The molecule has 0 aromatic carbocycles. The summed E-state index contributed by atoms with van der Waals surface area (Å²) in [6.45, 7) is 11.5. The van der Waals surface area contributed by atoms with Crippen molar-refractivity contribution in [3.05, 3.63) is 0 Å². The van der Waals surface area contributed by atoms with Gasteiger partial charge in [0.05, 0.1) is 0 Å². The lowest BCUT2D eigenvalue weighted by Crippen LogP contribution is -2.50. The lowest BCUT2D eigenvalue weighted by molar-refractivity contribution is 0.0848. The van der Waals surface area contributed by atoms with Gasteiger partial charge in [0.2, 0.25) is 0 Å². The Labute approximate surface area is 82.5 Å². The van der Waals surface area contributed by atoms with Crippen molar-refractivity contribution in [3.63, 3.8) is 0 Å². The van der Waals surface area contributed by atoms with Crippen LogP contribution in [-0.2, 0) is 0 Å². The summed E-state index contributed by atoms with van der Waals surface area (Å²) in [5, 5.41) is 0. The minimum Gasteiger partial charge on any atom is -0.327 e. The van der Waals surface area contributed by atoms with E-state index >= 15 is 0 Å². The first-order chi connectivity index (χ1) is 5.91. The number of hydrogen-bond acceptors (Lipinski definition) is 2. The molecule has 0 spiro atoms. The molecule has 0 aromatic heterocycles. The molecule has 0 bridgehead atoms. The summed E-state index contributed by atoms with van der Waals surface area (Å²) in [5.41, 5.74) is 6.34. The highest BCUT2D eigenvalue weighted by atomic mass is 15.2. The summed E-state index contributed by atoms with van der Waals surface area (Å²) in [5.74, 6) is 0. The molecular weight excluding hydrogens is 160 g/mol. The Morgan fingerprint density at radius 1 is 1.38 bits per heavy atom. The molecule has 13 heavy (non-hydrogen) atoms. The van der Waals surface area contributed by atoms with Crippen molar-refractivity contribution in [2.24, 2.45) is 11.1 Å². The van der Waals surface area contributed by atoms with Gasteiger partial charge in [0, 0.05) is 18.6 Å². The molecule has 0 radical (unpaired) electrons. The summed E-state index contributed by atoms with van der Waals surface area (Å²) in [6, 6.07) is 1.04. The SMILES string of the molecule is CC(N1CCCC(N)C1)C(C)(C)C. The van der Waals surface area contributed by atoms with Crippen molar-refractivity contribution in [1.29, 1.82) is 0 Å². The standard InChI is InChI=1S/C11H24N2/c1-9(11(2,3)4)13-7-5-6-10(12)8-13/h9-10H,5-8,12H2,1-4H3. The summed E-state index contributed by atoms with van der Waals surface area (Å²) in [7, 11) is 0. The van der Waals surface area contributed by atoms with Gasteiger partial charge in [-0.2, -0.15) is 0 Å². The lowest BCUT2D eigenvalue weighted by Gasteiger charge is -2.41. The first kappa shape index (κ1) is 11.0. The zero-order valence-electron chi connectivity index (χ0n) is 9.51. The van der Waals surface area contributed by atoms with Crippen molar-refractivity contribution in [2.75, 3.05) is 13.1 Å². The maximum atomic E-state index is 5.96. The van der Waals surface area contributed by atoms with Crippen LogP contribution in [0.15, 0.2) is 0 Å². The maximum Gasteiger partial charge on any atom is 0.0168 e. The largest absolute Gasteiger partial charge is 0.327 e. The van der Waals surface area contributed by atoms with Crippen molar-refractivity contribution in [1.82, 2.24) is 4.90 Å². The Kier molecular flexibility index (Phi) is 3.36. The third-order valence-electron chi connectivity index (χ3n) is 3.29. The van der Waals surface area contributed by atoms with Gasteiger partial charge in [0.1, 0.15) is 0 Å². The van der Waals surface area contributed by atoms with Crippen LogP contribution < -0.4 is 5.73 Å². The summed E-state index contributed by atoms with van der Waals surface area (Å²) in [4.78, 5) is 2.54. The molecule has 1 heterocycles. The summed E-state index contributed by atoms with van der Waals surface area (Å²) in [6.07, 6.45) is 2.47. The van der Waals surface area contributed by atoms with E-state index < -0.39 is 0 Å². The van der Waals surface area contributed by atoms with Gasteiger partial charge >= 0.3 is 0 Å².